The van der Waals surface area contributed by atoms with E-state index in [4.69, 9.17) is 0 Å². The third-order valence-corrected chi connectivity index (χ3v) is 3.01. The van der Waals surface area contributed by atoms with Crippen molar-refractivity contribution in [3.63, 3.8) is 0 Å². The van der Waals surface area contributed by atoms with Crippen molar-refractivity contribution in [3.05, 3.63) is 57.9 Å². The molecule has 1 nitrogen and oxygen atoms in total. The molecule has 0 aliphatic carbocycles. The summed E-state index contributed by atoms with van der Waals surface area (Å²) < 4.78 is 0. The fraction of sp³-hybridized carbons (Fsp3) is 0.188. The van der Waals surface area contributed by atoms with Crippen molar-refractivity contribution in [2.75, 3.05) is 0 Å². The SMILES string of the molecule is C=C(C)S/C=C(\C)C#Cc1ccc(C(C)=O)cc1. The number of Topliss-reactive ketones (excluding diaryl/α,β-unsaturated/α-hetero) is 1. The molecule has 0 unspecified atom stereocenters. The average Bonchev–Trinajstić information content (AvgIpc) is 2.34. The Labute approximate surface area is 113 Å². The minimum absolute atomic E-state index is 0.0726. The van der Waals surface area contributed by atoms with Crippen molar-refractivity contribution in [2.24, 2.45) is 0 Å². The fourth-order valence-electron chi connectivity index (χ4n) is 1.18. The van der Waals surface area contributed by atoms with Gasteiger partial charge in [0.1, 0.15) is 0 Å². The second-order valence-electron chi connectivity index (χ2n) is 4.00. The molecule has 0 heterocycles. The first-order valence-corrected chi connectivity index (χ1v) is 6.49. The molecular formula is C16H16OS. The summed E-state index contributed by atoms with van der Waals surface area (Å²) in [6.07, 6.45) is 0. The van der Waals surface area contributed by atoms with Gasteiger partial charge in [-0.15, -0.1) is 11.8 Å². The van der Waals surface area contributed by atoms with E-state index in [1.165, 1.54) is 0 Å². The van der Waals surface area contributed by atoms with E-state index in [-0.39, 0.29) is 5.78 Å². The maximum atomic E-state index is 11.1. The number of rotatable bonds is 3. The molecule has 18 heavy (non-hydrogen) atoms. The van der Waals surface area contributed by atoms with Crippen LogP contribution >= 0.6 is 11.8 Å². The lowest BCUT2D eigenvalue weighted by atomic mass is 10.1. The topological polar surface area (TPSA) is 17.1 Å². The van der Waals surface area contributed by atoms with Gasteiger partial charge < -0.3 is 0 Å². The van der Waals surface area contributed by atoms with Crippen LogP contribution in [0.1, 0.15) is 36.7 Å². The maximum Gasteiger partial charge on any atom is 0.159 e. The molecule has 0 aromatic heterocycles. The zero-order valence-electron chi connectivity index (χ0n) is 10.9. The van der Waals surface area contributed by atoms with Gasteiger partial charge in [-0.05, 0) is 43.2 Å². The van der Waals surface area contributed by atoms with Crippen LogP contribution in [-0.2, 0) is 0 Å². The first kappa shape index (κ1) is 14.3. The summed E-state index contributed by atoms with van der Waals surface area (Å²) in [6.45, 7) is 9.29. The summed E-state index contributed by atoms with van der Waals surface area (Å²) in [5.41, 5.74) is 2.62. The molecule has 0 saturated heterocycles. The molecule has 0 spiro atoms. The minimum Gasteiger partial charge on any atom is -0.295 e. The van der Waals surface area contributed by atoms with Crippen LogP contribution in [0.5, 0.6) is 0 Å². The van der Waals surface area contributed by atoms with Crippen molar-refractivity contribution >= 4 is 17.5 Å². The van der Waals surface area contributed by atoms with Crippen molar-refractivity contribution in [3.8, 4) is 11.8 Å². The van der Waals surface area contributed by atoms with Crippen molar-refractivity contribution in [1.29, 1.82) is 0 Å². The zero-order chi connectivity index (χ0) is 13.5. The van der Waals surface area contributed by atoms with Gasteiger partial charge in [0, 0.05) is 16.7 Å². The zero-order valence-corrected chi connectivity index (χ0v) is 11.7. The number of carbonyl (C=O) groups excluding carboxylic acids is 1. The molecule has 0 aliphatic heterocycles. The molecule has 1 aromatic carbocycles. The lowest BCUT2D eigenvalue weighted by Gasteiger charge is -1.95. The van der Waals surface area contributed by atoms with Gasteiger partial charge in [-0.1, -0.05) is 30.6 Å². The molecular weight excluding hydrogens is 240 g/mol. The van der Waals surface area contributed by atoms with E-state index >= 15 is 0 Å². The molecule has 0 amide bonds. The Kier molecular flexibility index (Phi) is 5.48. The van der Waals surface area contributed by atoms with Crippen LogP contribution in [0.4, 0.5) is 0 Å². The number of hydrogen-bond donors (Lipinski definition) is 0. The van der Waals surface area contributed by atoms with Gasteiger partial charge in [-0.2, -0.15) is 0 Å². The molecule has 0 aliphatic rings. The number of benzene rings is 1. The number of ketones is 1. The quantitative estimate of drug-likeness (QED) is 0.588. The van der Waals surface area contributed by atoms with Gasteiger partial charge in [0.2, 0.25) is 0 Å². The molecule has 92 valence electrons. The van der Waals surface area contributed by atoms with Crippen LogP contribution in [0, 0.1) is 11.8 Å². The number of thioether (sulfide) groups is 1. The lowest BCUT2D eigenvalue weighted by molar-refractivity contribution is 0.101. The van der Waals surface area contributed by atoms with E-state index in [9.17, 15) is 4.79 Å². The van der Waals surface area contributed by atoms with E-state index in [2.05, 4.69) is 18.4 Å². The molecule has 0 N–H and O–H groups in total. The smallest absolute Gasteiger partial charge is 0.159 e. The largest absolute Gasteiger partial charge is 0.295 e. The van der Waals surface area contributed by atoms with Gasteiger partial charge in [0.15, 0.2) is 5.78 Å². The predicted molar refractivity (Wildman–Crippen MR) is 79.5 cm³/mol. The Balaban J connectivity index is 2.76. The van der Waals surface area contributed by atoms with E-state index in [1.54, 1.807) is 30.8 Å². The van der Waals surface area contributed by atoms with Gasteiger partial charge in [-0.25, -0.2) is 0 Å². The second-order valence-corrected chi connectivity index (χ2v) is 5.17. The number of allylic oxidation sites excluding steroid dienone is 2. The third kappa shape index (κ3) is 5.07. The molecule has 0 fully saturated rings. The molecule has 0 radical (unpaired) electrons. The van der Waals surface area contributed by atoms with Crippen LogP contribution in [0.3, 0.4) is 0 Å². The van der Waals surface area contributed by atoms with Crippen molar-refractivity contribution in [2.45, 2.75) is 20.8 Å². The predicted octanol–water partition coefficient (Wildman–Crippen LogP) is 4.41. The second kappa shape index (κ2) is 6.88. The van der Waals surface area contributed by atoms with Gasteiger partial charge in [-0.3, -0.25) is 4.79 Å². The summed E-state index contributed by atoms with van der Waals surface area (Å²) in [4.78, 5) is 12.2. The molecule has 1 rings (SSSR count). The van der Waals surface area contributed by atoms with Crippen LogP contribution in [-0.4, -0.2) is 5.78 Å². The van der Waals surface area contributed by atoms with Crippen molar-refractivity contribution in [1.82, 2.24) is 0 Å². The standard InChI is InChI=1S/C16H16OS/c1-12(2)18-11-13(3)5-6-15-7-9-16(10-8-15)14(4)17/h7-11H,1H2,2-4H3/b13-11+. The molecule has 0 atom stereocenters. The summed E-state index contributed by atoms with van der Waals surface area (Å²) in [6, 6.07) is 7.33. The van der Waals surface area contributed by atoms with Gasteiger partial charge in [0.05, 0.1) is 0 Å². The Morgan fingerprint density at radius 3 is 2.33 bits per heavy atom. The number of carbonyl (C=O) groups is 1. The first-order valence-electron chi connectivity index (χ1n) is 5.61. The maximum absolute atomic E-state index is 11.1. The third-order valence-electron chi connectivity index (χ3n) is 2.13. The van der Waals surface area contributed by atoms with E-state index < -0.39 is 0 Å². The molecule has 2 heteroatoms. The Morgan fingerprint density at radius 1 is 1.22 bits per heavy atom. The van der Waals surface area contributed by atoms with Crippen LogP contribution in [0.25, 0.3) is 0 Å². The highest BCUT2D eigenvalue weighted by molar-refractivity contribution is 8.05. The lowest BCUT2D eigenvalue weighted by Crippen LogP contribution is -1.90. The highest BCUT2D eigenvalue weighted by Gasteiger charge is 1.96. The summed E-state index contributed by atoms with van der Waals surface area (Å²) in [5.74, 6) is 6.20. The summed E-state index contributed by atoms with van der Waals surface area (Å²) >= 11 is 1.58. The normalized spacial score (nSPS) is 10.5. The molecule has 0 saturated carbocycles. The van der Waals surface area contributed by atoms with Crippen LogP contribution in [0.15, 0.2) is 46.7 Å². The first-order chi connectivity index (χ1) is 8.49. The minimum atomic E-state index is 0.0726. The van der Waals surface area contributed by atoms with Gasteiger partial charge in [0.25, 0.3) is 0 Å². The van der Waals surface area contributed by atoms with Crippen molar-refractivity contribution < 1.29 is 4.79 Å². The van der Waals surface area contributed by atoms with E-state index in [0.29, 0.717) is 5.56 Å². The van der Waals surface area contributed by atoms with E-state index in [1.807, 2.05) is 31.4 Å². The average molecular weight is 256 g/mol. The van der Waals surface area contributed by atoms with Crippen LogP contribution < -0.4 is 0 Å². The number of hydrogen-bond acceptors (Lipinski definition) is 2. The fourth-order valence-corrected chi connectivity index (χ4v) is 1.61. The summed E-state index contributed by atoms with van der Waals surface area (Å²) in [5, 5.41) is 1.99. The van der Waals surface area contributed by atoms with Crippen LogP contribution in [0.2, 0.25) is 0 Å². The molecule has 0 bridgehead atoms. The Morgan fingerprint density at radius 2 is 1.83 bits per heavy atom. The summed E-state index contributed by atoms with van der Waals surface area (Å²) in [7, 11) is 0. The van der Waals surface area contributed by atoms with E-state index in [0.717, 1.165) is 16.0 Å². The Hall–Kier alpha value is -1.72. The monoisotopic (exact) mass is 256 g/mol. The Bertz CT molecular complexity index is 539. The highest BCUT2D eigenvalue weighted by Crippen LogP contribution is 2.15. The highest BCUT2D eigenvalue weighted by atomic mass is 32.2. The molecule has 1 aromatic rings. The van der Waals surface area contributed by atoms with Gasteiger partial charge >= 0.3 is 0 Å².